The van der Waals surface area contributed by atoms with E-state index in [1.807, 2.05) is 0 Å². The molecule has 0 rings (SSSR count). The van der Waals surface area contributed by atoms with E-state index in [0.717, 1.165) is 38.5 Å². The Bertz CT molecular complexity index is 821. The molecule has 0 aromatic rings. The van der Waals surface area contributed by atoms with Crippen LogP contribution in [0.2, 0.25) is 0 Å². The second kappa shape index (κ2) is 39.8. The fourth-order valence-electron chi connectivity index (χ4n) is 7.23. The molecule has 5 heteroatoms. The predicted molar refractivity (Wildman–Crippen MR) is 230 cm³/mol. The first-order chi connectivity index (χ1) is 25.4. The van der Waals surface area contributed by atoms with E-state index < -0.39 is 10.1 Å². The zero-order chi connectivity index (χ0) is 38.1. The Morgan fingerprint density at radius 2 is 0.577 bits per heavy atom. The van der Waals surface area contributed by atoms with Gasteiger partial charge in [-0.15, -0.1) is 0 Å². The Morgan fingerprint density at radius 3 is 0.788 bits per heavy atom. The molecule has 0 amide bonds. The first-order valence-electron chi connectivity index (χ1n) is 23.2. The Morgan fingerprint density at radius 1 is 0.365 bits per heavy atom. The predicted octanol–water partition coefficient (Wildman–Crippen LogP) is 16.0. The SMILES string of the molecule is CCCCCCCCCCCCC/C=C/[N+](/C=C/CCCCCCCCCCCCC)(/C=C/CCCCCCCCCCCCC)CCS(=O)(=O)[O-]. The number of hydrogen-bond donors (Lipinski definition) is 0. The van der Waals surface area contributed by atoms with E-state index in [0.29, 0.717) is 4.48 Å². The van der Waals surface area contributed by atoms with Crippen LogP contribution in [0.25, 0.3) is 0 Å². The fraction of sp³-hybridized carbons (Fsp3) is 0.872. The minimum absolute atomic E-state index is 0.268. The maximum Gasteiger partial charge on any atom is 0.104 e. The standard InChI is InChI=1S/C47H91NO3S/c1-4-7-10-13-16-19-22-25-28-31-34-37-40-43-48(46-47-52(49,50)51,44-41-38-35-32-29-26-23-20-17-14-11-8-5-2)45-42-39-36-33-30-27-24-21-18-15-12-9-6-3/h40-45H,4-39,46-47H2,1-3H3/b43-40+,44-41+,45-42+. The van der Waals surface area contributed by atoms with Gasteiger partial charge in [-0.05, 0) is 56.8 Å². The van der Waals surface area contributed by atoms with Gasteiger partial charge in [-0.25, -0.2) is 12.9 Å². The summed E-state index contributed by atoms with van der Waals surface area (Å²) in [6.45, 7) is 7.10. The van der Waals surface area contributed by atoms with Crippen LogP contribution < -0.4 is 0 Å². The first kappa shape index (κ1) is 51.1. The van der Waals surface area contributed by atoms with Gasteiger partial charge in [0.1, 0.15) is 35.3 Å². The molecule has 0 aromatic carbocycles. The van der Waals surface area contributed by atoms with Crippen molar-refractivity contribution in [3.63, 3.8) is 0 Å². The van der Waals surface area contributed by atoms with Gasteiger partial charge in [0.05, 0.1) is 5.75 Å². The third-order valence-corrected chi connectivity index (χ3v) is 11.5. The van der Waals surface area contributed by atoms with Crippen LogP contribution in [0.4, 0.5) is 0 Å². The van der Waals surface area contributed by atoms with Crippen LogP contribution in [0.15, 0.2) is 36.8 Å². The number of nitrogens with zero attached hydrogens (tertiary/aromatic N) is 1. The Balaban J connectivity index is 4.95. The summed E-state index contributed by atoms with van der Waals surface area (Å²) in [5.41, 5.74) is 0. The first-order valence-corrected chi connectivity index (χ1v) is 24.8. The third-order valence-electron chi connectivity index (χ3n) is 10.8. The van der Waals surface area contributed by atoms with Crippen molar-refractivity contribution in [1.29, 1.82) is 0 Å². The highest BCUT2D eigenvalue weighted by Gasteiger charge is 2.20. The van der Waals surface area contributed by atoms with Crippen molar-refractivity contribution < 1.29 is 17.5 Å². The summed E-state index contributed by atoms with van der Waals surface area (Å²) in [4.78, 5) is 0. The number of allylic oxidation sites excluding steroid dienone is 3. The van der Waals surface area contributed by atoms with Crippen molar-refractivity contribution >= 4 is 10.1 Å². The zero-order valence-electron chi connectivity index (χ0n) is 35.4. The topological polar surface area (TPSA) is 57.2 Å². The molecule has 0 unspecified atom stereocenters. The van der Waals surface area contributed by atoms with Gasteiger partial charge in [-0.1, -0.05) is 213 Å². The summed E-state index contributed by atoms with van der Waals surface area (Å²) < 4.78 is 35.7. The maximum absolute atomic E-state index is 11.8. The molecule has 0 aliphatic rings. The number of unbranched alkanes of at least 4 members (excludes halogenated alkanes) is 33. The highest BCUT2D eigenvalue weighted by molar-refractivity contribution is 7.85. The van der Waals surface area contributed by atoms with Crippen molar-refractivity contribution in [2.24, 2.45) is 0 Å². The molecular weight excluding hydrogens is 659 g/mol. The fourth-order valence-corrected chi connectivity index (χ4v) is 7.77. The molecule has 0 spiro atoms. The quantitative estimate of drug-likeness (QED) is 0.0355. The largest absolute Gasteiger partial charge is 0.748 e. The summed E-state index contributed by atoms with van der Waals surface area (Å²) in [7, 11) is -4.30. The molecule has 52 heavy (non-hydrogen) atoms. The lowest BCUT2D eigenvalue weighted by Gasteiger charge is -2.27. The van der Waals surface area contributed by atoms with Crippen molar-refractivity contribution in [1.82, 2.24) is 0 Å². The van der Waals surface area contributed by atoms with Gasteiger partial charge in [0.2, 0.25) is 0 Å². The molecule has 0 aliphatic heterocycles. The van der Waals surface area contributed by atoms with E-state index in [1.54, 1.807) is 0 Å². The Hall–Kier alpha value is -0.910. The lowest BCUT2D eigenvalue weighted by atomic mass is 10.1. The summed E-state index contributed by atoms with van der Waals surface area (Å²) in [6, 6.07) is 0. The summed E-state index contributed by atoms with van der Waals surface area (Å²) in [6.07, 6.45) is 60.2. The molecule has 0 atom stereocenters. The van der Waals surface area contributed by atoms with E-state index in [9.17, 15) is 13.0 Å². The number of quaternary nitrogens is 1. The van der Waals surface area contributed by atoms with E-state index in [2.05, 4.69) is 57.6 Å². The molecule has 0 radical (unpaired) electrons. The van der Waals surface area contributed by atoms with E-state index >= 15 is 0 Å². The van der Waals surface area contributed by atoms with Gasteiger partial charge in [-0.2, -0.15) is 0 Å². The monoisotopic (exact) mass is 750 g/mol. The third kappa shape index (κ3) is 38.8. The van der Waals surface area contributed by atoms with Gasteiger partial charge >= 0.3 is 0 Å². The highest BCUT2D eigenvalue weighted by atomic mass is 32.2. The van der Waals surface area contributed by atoms with Crippen molar-refractivity contribution in [3.05, 3.63) is 36.8 Å². The Labute approximate surface area is 327 Å². The van der Waals surface area contributed by atoms with Crippen molar-refractivity contribution in [3.8, 4) is 0 Å². The average molecular weight is 750 g/mol. The highest BCUT2D eigenvalue weighted by Crippen LogP contribution is 2.19. The molecule has 0 heterocycles. The second-order valence-electron chi connectivity index (χ2n) is 16.1. The molecular formula is C47H91NO3S. The van der Waals surface area contributed by atoms with Crippen LogP contribution >= 0.6 is 0 Å². The summed E-state index contributed by atoms with van der Waals surface area (Å²) in [5, 5.41) is 0. The molecule has 0 N–H and O–H groups in total. The lowest BCUT2D eigenvalue weighted by Crippen LogP contribution is -2.35. The van der Waals surface area contributed by atoms with Crippen LogP contribution in [-0.4, -0.2) is 29.8 Å². The van der Waals surface area contributed by atoms with Crippen molar-refractivity contribution in [2.45, 2.75) is 252 Å². The van der Waals surface area contributed by atoms with Crippen LogP contribution in [0, 0.1) is 0 Å². The number of rotatable bonds is 42. The molecule has 0 saturated carbocycles. The minimum atomic E-state index is -4.30. The zero-order valence-corrected chi connectivity index (χ0v) is 36.2. The van der Waals surface area contributed by atoms with Gasteiger partial charge in [0, 0.05) is 0 Å². The molecule has 0 saturated heterocycles. The second-order valence-corrected chi connectivity index (χ2v) is 17.6. The Kier molecular flexibility index (Phi) is 39.1. The molecule has 0 aliphatic carbocycles. The average Bonchev–Trinajstić information content (AvgIpc) is 3.12. The van der Waals surface area contributed by atoms with Crippen LogP contribution in [0.5, 0.6) is 0 Å². The van der Waals surface area contributed by atoms with Gasteiger partial charge in [-0.3, -0.25) is 0 Å². The molecule has 0 aromatic heterocycles. The van der Waals surface area contributed by atoms with Gasteiger partial charge in [0.25, 0.3) is 0 Å². The van der Waals surface area contributed by atoms with Crippen LogP contribution in [0.3, 0.4) is 0 Å². The van der Waals surface area contributed by atoms with Crippen LogP contribution in [0.1, 0.15) is 252 Å². The summed E-state index contributed by atoms with van der Waals surface area (Å²) >= 11 is 0. The lowest BCUT2D eigenvalue weighted by molar-refractivity contribution is -0.770. The normalized spacial score (nSPS) is 12.8. The van der Waals surface area contributed by atoms with E-state index in [-0.39, 0.29) is 12.3 Å². The van der Waals surface area contributed by atoms with E-state index in [1.165, 1.54) is 193 Å². The summed E-state index contributed by atoms with van der Waals surface area (Å²) in [5.74, 6) is -0.346. The van der Waals surface area contributed by atoms with Gasteiger partial charge in [0.15, 0.2) is 0 Å². The van der Waals surface area contributed by atoms with Crippen molar-refractivity contribution in [2.75, 3.05) is 12.3 Å². The molecule has 0 bridgehead atoms. The molecule has 308 valence electrons. The smallest absolute Gasteiger partial charge is 0.104 e. The minimum Gasteiger partial charge on any atom is -0.748 e. The molecule has 4 nitrogen and oxygen atoms in total. The van der Waals surface area contributed by atoms with Gasteiger partial charge < -0.3 is 4.55 Å². The molecule has 0 fully saturated rings. The van der Waals surface area contributed by atoms with Crippen LogP contribution in [-0.2, 0) is 10.1 Å². The maximum atomic E-state index is 11.8. The van der Waals surface area contributed by atoms with E-state index in [4.69, 9.17) is 0 Å². The number of hydrogen-bond acceptors (Lipinski definition) is 3.